The molecule has 0 unspecified atom stereocenters. The Balaban J connectivity index is 1.79. The van der Waals surface area contributed by atoms with Crippen molar-refractivity contribution in [3.8, 4) is 0 Å². The van der Waals surface area contributed by atoms with Crippen molar-refractivity contribution in [2.45, 2.75) is 43.7 Å². The first-order valence-electron chi connectivity index (χ1n) is 7.04. The van der Waals surface area contributed by atoms with Crippen LogP contribution >= 0.6 is 0 Å². The smallest absolute Gasteiger partial charge is 0.243 e. The summed E-state index contributed by atoms with van der Waals surface area (Å²) in [5.74, 6) is 1.36. The molecule has 0 spiro atoms. The third kappa shape index (κ3) is 2.52. The molecule has 106 valence electrons. The molecule has 3 heterocycles. The fraction of sp³-hybridized carbons (Fsp3) is 0.846. The Morgan fingerprint density at radius 3 is 2.84 bits per heavy atom. The topological polar surface area (TPSA) is 69.4 Å². The largest absolute Gasteiger partial charge is 0.381 e. The third-order valence-electron chi connectivity index (χ3n) is 4.15. The lowest BCUT2D eigenvalue weighted by atomic mass is 9.93. The number of ether oxygens (including phenoxy) is 2. The maximum Gasteiger partial charge on any atom is 0.243 e. The molecule has 1 aromatic heterocycles. The molecule has 1 atom stereocenters. The minimum Gasteiger partial charge on any atom is -0.381 e. The van der Waals surface area contributed by atoms with E-state index in [1.54, 1.807) is 7.11 Å². The molecule has 2 aliphatic heterocycles. The number of rotatable bonds is 3. The number of nitrogens with one attached hydrogen (secondary N) is 1. The summed E-state index contributed by atoms with van der Waals surface area (Å²) in [6, 6.07) is 0.198. The molecule has 1 aromatic rings. The SMILES string of the molecule is COC1(c2noc([C@@H]3CCCCN3)n2)CCOCC1. The normalized spacial score (nSPS) is 27.3. The van der Waals surface area contributed by atoms with E-state index in [1.807, 2.05) is 0 Å². The van der Waals surface area contributed by atoms with Gasteiger partial charge in [0.25, 0.3) is 0 Å². The molecule has 0 amide bonds. The molecule has 0 aromatic carbocycles. The second-order valence-electron chi connectivity index (χ2n) is 5.27. The summed E-state index contributed by atoms with van der Waals surface area (Å²) < 4.78 is 16.5. The van der Waals surface area contributed by atoms with Crippen molar-refractivity contribution in [1.82, 2.24) is 15.5 Å². The van der Waals surface area contributed by atoms with Gasteiger partial charge in [0.05, 0.1) is 6.04 Å². The van der Waals surface area contributed by atoms with Crippen LogP contribution in [0, 0.1) is 0 Å². The molecule has 2 aliphatic rings. The summed E-state index contributed by atoms with van der Waals surface area (Å²) in [7, 11) is 1.71. The molecular weight excluding hydrogens is 246 g/mol. The molecule has 6 nitrogen and oxygen atoms in total. The van der Waals surface area contributed by atoms with E-state index in [2.05, 4.69) is 15.5 Å². The van der Waals surface area contributed by atoms with Gasteiger partial charge in [0.1, 0.15) is 5.60 Å². The maximum absolute atomic E-state index is 5.68. The van der Waals surface area contributed by atoms with Crippen molar-refractivity contribution < 1.29 is 14.0 Å². The van der Waals surface area contributed by atoms with E-state index in [1.165, 1.54) is 12.8 Å². The number of hydrogen-bond donors (Lipinski definition) is 1. The highest BCUT2D eigenvalue weighted by molar-refractivity contribution is 5.05. The fourth-order valence-electron chi connectivity index (χ4n) is 2.84. The molecular formula is C13H21N3O3. The van der Waals surface area contributed by atoms with E-state index >= 15 is 0 Å². The highest BCUT2D eigenvalue weighted by atomic mass is 16.5. The monoisotopic (exact) mass is 267 g/mol. The van der Waals surface area contributed by atoms with E-state index < -0.39 is 5.60 Å². The standard InChI is InChI=1S/C13H21N3O3/c1-17-13(5-8-18-9-6-13)12-15-11(19-16-12)10-4-2-3-7-14-10/h10,14H,2-9H2,1H3/t10-/m0/s1. The van der Waals surface area contributed by atoms with Crippen molar-refractivity contribution in [1.29, 1.82) is 0 Å². The average Bonchev–Trinajstić information content (AvgIpc) is 2.99. The number of hydrogen-bond acceptors (Lipinski definition) is 6. The Hall–Kier alpha value is -0.980. The number of piperidine rings is 1. The lowest BCUT2D eigenvalue weighted by molar-refractivity contribution is -0.101. The van der Waals surface area contributed by atoms with Crippen LogP contribution in [-0.2, 0) is 15.1 Å². The van der Waals surface area contributed by atoms with Crippen LogP contribution in [-0.4, -0.2) is 37.0 Å². The molecule has 0 bridgehead atoms. The quantitative estimate of drug-likeness (QED) is 0.895. The van der Waals surface area contributed by atoms with Gasteiger partial charge in [-0.15, -0.1) is 0 Å². The van der Waals surface area contributed by atoms with Crippen molar-refractivity contribution in [3.63, 3.8) is 0 Å². The van der Waals surface area contributed by atoms with Gasteiger partial charge in [-0.1, -0.05) is 11.6 Å². The van der Waals surface area contributed by atoms with Gasteiger partial charge >= 0.3 is 0 Å². The maximum atomic E-state index is 5.68. The Morgan fingerprint density at radius 1 is 1.32 bits per heavy atom. The second-order valence-corrected chi connectivity index (χ2v) is 5.27. The van der Waals surface area contributed by atoms with Crippen LogP contribution in [0.2, 0.25) is 0 Å². The molecule has 0 saturated carbocycles. The van der Waals surface area contributed by atoms with Crippen molar-refractivity contribution >= 4 is 0 Å². The van der Waals surface area contributed by atoms with Gasteiger partial charge in [-0.05, 0) is 19.4 Å². The summed E-state index contributed by atoms with van der Waals surface area (Å²) in [5, 5.41) is 7.57. The Morgan fingerprint density at radius 2 is 2.16 bits per heavy atom. The lowest BCUT2D eigenvalue weighted by Gasteiger charge is -2.32. The van der Waals surface area contributed by atoms with Crippen LogP contribution in [0.3, 0.4) is 0 Å². The van der Waals surface area contributed by atoms with Crippen molar-refractivity contribution in [2.75, 3.05) is 26.9 Å². The third-order valence-corrected chi connectivity index (χ3v) is 4.15. The fourth-order valence-corrected chi connectivity index (χ4v) is 2.84. The number of methoxy groups -OCH3 is 1. The van der Waals surface area contributed by atoms with Gasteiger partial charge in [-0.3, -0.25) is 0 Å². The highest BCUT2D eigenvalue weighted by Gasteiger charge is 2.39. The van der Waals surface area contributed by atoms with Crippen LogP contribution in [0.1, 0.15) is 49.9 Å². The van der Waals surface area contributed by atoms with Crippen molar-refractivity contribution in [3.05, 3.63) is 11.7 Å². The zero-order valence-electron chi connectivity index (χ0n) is 11.4. The van der Waals surface area contributed by atoms with Gasteiger partial charge in [-0.25, -0.2) is 0 Å². The molecule has 0 radical (unpaired) electrons. The van der Waals surface area contributed by atoms with Crippen LogP contribution < -0.4 is 5.32 Å². The molecule has 2 fully saturated rings. The molecule has 6 heteroatoms. The minimum atomic E-state index is -0.436. The van der Waals surface area contributed by atoms with Crippen LogP contribution in [0.25, 0.3) is 0 Å². The summed E-state index contributed by atoms with van der Waals surface area (Å²) in [4.78, 5) is 4.58. The Labute approximate surface area is 112 Å². The number of nitrogens with zero attached hydrogens (tertiary/aromatic N) is 2. The van der Waals surface area contributed by atoms with E-state index in [4.69, 9.17) is 14.0 Å². The lowest BCUT2D eigenvalue weighted by Crippen LogP contribution is -2.36. The second kappa shape index (κ2) is 5.56. The van der Waals surface area contributed by atoms with E-state index in [0.717, 1.165) is 25.8 Å². The van der Waals surface area contributed by atoms with Gasteiger partial charge in [0, 0.05) is 33.2 Å². The van der Waals surface area contributed by atoms with Gasteiger partial charge < -0.3 is 19.3 Å². The summed E-state index contributed by atoms with van der Waals surface area (Å²) in [6.07, 6.45) is 5.04. The van der Waals surface area contributed by atoms with E-state index in [9.17, 15) is 0 Å². The van der Waals surface area contributed by atoms with Crippen molar-refractivity contribution in [2.24, 2.45) is 0 Å². The number of aromatic nitrogens is 2. The van der Waals surface area contributed by atoms with Crippen LogP contribution in [0.4, 0.5) is 0 Å². The Bertz CT molecular complexity index is 409. The van der Waals surface area contributed by atoms with Crippen LogP contribution in [0.15, 0.2) is 4.52 Å². The zero-order chi connectivity index (χ0) is 13.1. The van der Waals surface area contributed by atoms with E-state index in [-0.39, 0.29) is 6.04 Å². The predicted molar refractivity (Wildman–Crippen MR) is 67.6 cm³/mol. The van der Waals surface area contributed by atoms with Gasteiger partial charge in [-0.2, -0.15) is 4.98 Å². The van der Waals surface area contributed by atoms with Crippen LogP contribution in [0.5, 0.6) is 0 Å². The highest BCUT2D eigenvalue weighted by Crippen LogP contribution is 2.34. The van der Waals surface area contributed by atoms with E-state index in [0.29, 0.717) is 24.9 Å². The molecule has 2 saturated heterocycles. The first kappa shape index (κ1) is 13.0. The average molecular weight is 267 g/mol. The zero-order valence-corrected chi connectivity index (χ0v) is 11.4. The predicted octanol–water partition coefficient (Wildman–Crippen LogP) is 1.54. The molecule has 1 N–H and O–H groups in total. The molecule has 0 aliphatic carbocycles. The van der Waals surface area contributed by atoms with Gasteiger partial charge in [0.15, 0.2) is 0 Å². The molecule has 19 heavy (non-hydrogen) atoms. The minimum absolute atomic E-state index is 0.198. The summed E-state index contributed by atoms with van der Waals surface area (Å²) >= 11 is 0. The summed E-state index contributed by atoms with van der Waals surface area (Å²) in [6.45, 7) is 2.38. The first-order chi connectivity index (χ1) is 9.34. The first-order valence-corrected chi connectivity index (χ1v) is 7.04. The molecule has 3 rings (SSSR count). The summed E-state index contributed by atoms with van der Waals surface area (Å²) in [5.41, 5.74) is -0.436. The Kier molecular flexibility index (Phi) is 3.81. The van der Waals surface area contributed by atoms with Gasteiger partial charge in [0.2, 0.25) is 11.7 Å².